The molecule has 0 spiro atoms. The van der Waals surface area contributed by atoms with Crippen molar-refractivity contribution in [3.8, 4) is 11.8 Å². The van der Waals surface area contributed by atoms with Crippen molar-refractivity contribution in [2.75, 3.05) is 14.2 Å². The molecular weight excluding hydrogens is 451 g/mol. The lowest BCUT2D eigenvalue weighted by Gasteiger charge is -2.19. The van der Waals surface area contributed by atoms with Crippen LogP contribution in [0.1, 0.15) is 17.3 Å². The van der Waals surface area contributed by atoms with E-state index in [1.54, 1.807) is 0 Å². The van der Waals surface area contributed by atoms with Gasteiger partial charge in [-0.2, -0.15) is 4.98 Å². The molecule has 1 heterocycles. The molecule has 21 heavy (non-hydrogen) atoms. The fourth-order valence-electron chi connectivity index (χ4n) is 1.86. The lowest BCUT2D eigenvalue weighted by atomic mass is 10.0. The van der Waals surface area contributed by atoms with E-state index in [1.807, 2.05) is 18.2 Å². The SMILES string of the molecule is COc1cnc(C(NN)c2cc(Br)ccc2I)c(OC)n1. The van der Waals surface area contributed by atoms with Gasteiger partial charge >= 0.3 is 0 Å². The van der Waals surface area contributed by atoms with E-state index in [0.29, 0.717) is 17.5 Å². The average molecular weight is 465 g/mol. The smallest absolute Gasteiger partial charge is 0.240 e. The van der Waals surface area contributed by atoms with Crippen molar-refractivity contribution < 1.29 is 9.47 Å². The van der Waals surface area contributed by atoms with Gasteiger partial charge in [-0.05, 0) is 46.4 Å². The van der Waals surface area contributed by atoms with Crippen molar-refractivity contribution in [2.45, 2.75) is 6.04 Å². The number of nitrogens with two attached hydrogens (primary N) is 1. The van der Waals surface area contributed by atoms with Crippen molar-refractivity contribution in [3.63, 3.8) is 0 Å². The van der Waals surface area contributed by atoms with Crippen LogP contribution in [0.4, 0.5) is 0 Å². The first-order valence-electron chi connectivity index (χ1n) is 5.96. The van der Waals surface area contributed by atoms with Crippen molar-refractivity contribution in [1.29, 1.82) is 0 Å². The molecular formula is C13H14BrIN4O2. The van der Waals surface area contributed by atoms with Crippen LogP contribution in [0.3, 0.4) is 0 Å². The van der Waals surface area contributed by atoms with Crippen LogP contribution in [0.25, 0.3) is 0 Å². The Hall–Kier alpha value is -0.970. The van der Waals surface area contributed by atoms with Gasteiger partial charge in [-0.1, -0.05) is 15.9 Å². The van der Waals surface area contributed by atoms with E-state index in [0.717, 1.165) is 13.6 Å². The molecule has 0 bridgehead atoms. The first-order valence-corrected chi connectivity index (χ1v) is 7.83. The second-order valence-electron chi connectivity index (χ2n) is 4.07. The third kappa shape index (κ3) is 3.62. The minimum Gasteiger partial charge on any atom is -0.480 e. The zero-order valence-electron chi connectivity index (χ0n) is 11.4. The minimum atomic E-state index is -0.345. The van der Waals surface area contributed by atoms with E-state index < -0.39 is 0 Å². The number of methoxy groups -OCH3 is 2. The highest BCUT2D eigenvalue weighted by Gasteiger charge is 2.22. The Morgan fingerprint density at radius 3 is 2.71 bits per heavy atom. The van der Waals surface area contributed by atoms with E-state index in [4.69, 9.17) is 15.3 Å². The lowest BCUT2D eigenvalue weighted by molar-refractivity contribution is 0.352. The number of nitrogens with one attached hydrogen (secondary N) is 1. The summed E-state index contributed by atoms with van der Waals surface area (Å²) in [6, 6.07) is 5.60. The number of nitrogens with zero attached hydrogens (tertiary/aromatic N) is 2. The Bertz CT molecular complexity index is 642. The molecule has 0 aliphatic rings. The van der Waals surface area contributed by atoms with Crippen molar-refractivity contribution in [1.82, 2.24) is 15.4 Å². The quantitative estimate of drug-likeness (QED) is 0.401. The second kappa shape index (κ2) is 7.34. The van der Waals surface area contributed by atoms with Crippen molar-refractivity contribution >= 4 is 38.5 Å². The molecule has 0 radical (unpaired) electrons. The van der Waals surface area contributed by atoms with E-state index >= 15 is 0 Å². The Morgan fingerprint density at radius 1 is 1.33 bits per heavy atom. The summed E-state index contributed by atoms with van der Waals surface area (Å²) in [6.45, 7) is 0. The van der Waals surface area contributed by atoms with Gasteiger partial charge in [-0.25, -0.2) is 10.4 Å². The van der Waals surface area contributed by atoms with Gasteiger partial charge in [0.25, 0.3) is 0 Å². The molecule has 1 aromatic carbocycles. The monoisotopic (exact) mass is 464 g/mol. The topological polar surface area (TPSA) is 82.3 Å². The molecule has 1 aromatic heterocycles. The number of benzene rings is 1. The molecule has 0 fully saturated rings. The van der Waals surface area contributed by atoms with Crippen LogP contribution in [0.5, 0.6) is 11.8 Å². The zero-order valence-corrected chi connectivity index (χ0v) is 15.2. The zero-order chi connectivity index (χ0) is 15.4. The molecule has 1 atom stereocenters. The molecule has 6 nitrogen and oxygen atoms in total. The van der Waals surface area contributed by atoms with Crippen LogP contribution in [0.15, 0.2) is 28.9 Å². The third-order valence-electron chi connectivity index (χ3n) is 2.86. The predicted molar refractivity (Wildman–Crippen MR) is 91.2 cm³/mol. The first-order chi connectivity index (χ1) is 10.1. The van der Waals surface area contributed by atoms with Crippen molar-refractivity contribution in [2.24, 2.45) is 5.84 Å². The minimum absolute atomic E-state index is 0.345. The normalized spacial score (nSPS) is 12.0. The number of aromatic nitrogens is 2. The molecule has 0 saturated heterocycles. The molecule has 0 aliphatic carbocycles. The molecule has 0 amide bonds. The Kier molecular flexibility index (Phi) is 5.73. The largest absolute Gasteiger partial charge is 0.480 e. The van der Waals surface area contributed by atoms with Gasteiger partial charge in [0, 0.05) is 8.04 Å². The summed E-state index contributed by atoms with van der Waals surface area (Å²) in [5.41, 5.74) is 4.34. The summed E-state index contributed by atoms with van der Waals surface area (Å²) < 4.78 is 12.4. The maximum atomic E-state index is 5.73. The number of hydrogen-bond acceptors (Lipinski definition) is 6. The third-order valence-corrected chi connectivity index (χ3v) is 4.33. The number of ether oxygens (including phenoxy) is 2. The van der Waals surface area contributed by atoms with E-state index in [9.17, 15) is 0 Å². The summed E-state index contributed by atoms with van der Waals surface area (Å²) in [5, 5.41) is 0. The fraction of sp³-hybridized carbons (Fsp3) is 0.231. The van der Waals surface area contributed by atoms with E-state index in [2.05, 4.69) is 53.9 Å². The van der Waals surface area contributed by atoms with Crippen LogP contribution >= 0.6 is 38.5 Å². The van der Waals surface area contributed by atoms with Crippen LogP contribution < -0.4 is 20.7 Å². The average Bonchev–Trinajstić information content (AvgIpc) is 2.51. The molecule has 0 saturated carbocycles. The summed E-state index contributed by atoms with van der Waals surface area (Å²) in [5.74, 6) is 6.48. The van der Waals surface area contributed by atoms with Gasteiger partial charge in [-0.3, -0.25) is 5.84 Å². The van der Waals surface area contributed by atoms with Crippen molar-refractivity contribution in [3.05, 3.63) is 43.7 Å². The number of hydrogen-bond donors (Lipinski definition) is 2. The van der Waals surface area contributed by atoms with Crippen LogP contribution in [0, 0.1) is 3.57 Å². The molecule has 0 aliphatic heterocycles. The van der Waals surface area contributed by atoms with Gasteiger partial charge < -0.3 is 9.47 Å². The summed E-state index contributed by atoms with van der Waals surface area (Å²) in [6.07, 6.45) is 1.53. The molecule has 112 valence electrons. The Labute approximate surface area is 144 Å². The van der Waals surface area contributed by atoms with Crippen LogP contribution in [-0.4, -0.2) is 24.2 Å². The van der Waals surface area contributed by atoms with Gasteiger partial charge in [0.05, 0.1) is 26.5 Å². The first kappa shape index (κ1) is 16.4. The van der Waals surface area contributed by atoms with Crippen LogP contribution in [-0.2, 0) is 0 Å². The van der Waals surface area contributed by atoms with E-state index in [-0.39, 0.29) is 6.04 Å². The summed E-state index contributed by atoms with van der Waals surface area (Å²) >= 11 is 5.72. The molecule has 2 rings (SSSR count). The highest BCUT2D eigenvalue weighted by Crippen LogP contribution is 2.31. The molecule has 3 N–H and O–H groups in total. The number of rotatable bonds is 5. The predicted octanol–water partition coefficient (Wildman–Crippen LogP) is 2.41. The summed E-state index contributed by atoms with van der Waals surface area (Å²) in [7, 11) is 3.06. The highest BCUT2D eigenvalue weighted by molar-refractivity contribution is 14.1. The Morgan fingerprint density at radius 2 is 2.10 bits per heavy atom. The molecule has 2 aromatic rings. The maximum Gasteiger partial charge on any atom is 0.240 e. The second-order valence-corrected chi connectivity index (χ2v) is 6.15. The molecule has 1 unspecified atom stereocenters. The van der Waals surface area contributed by atoms with Gasteiger partial charge in [0.2, 0.25) is 11.8 Å². The summed E-state index contributed by atoms with van der Waals surface area (Å²) in [4.78, 5) is 8.60. The maximum absolute atomic E-state index is 5.73. The highest BCUT2D eigenvalue weighted by atomic mass is 127. The Balaban J connectivity index is 2.53. The number of halogens is 2. The van der Waals surface area contributed by atoms with Gasteiger partial charge in [-0.15, -0.1) is 0 Å². The standard InChI is InChI=1S/C13H14BrIN4O2/c1-20-10-6-17-12(13(18-10)21-2)11(19-16)8-5-7(14)3-4-9(8)15/h3-6,11,19H,16H2,1-2H3. The molecule has 8 heteroatoms. The van der Waals surface area contributed by atoms with Gasteiger partial charge in [0.15, 0.2) is 0 Å². The van der Waals surface area contributed by atoms with Crippen LogP contribution in [0.2, 0.25) is 0 Å². The lowest BCUT2D eigenvalue weighted by Crippen LogP contribution is -2.30. The van der Waals surface area contributed by atoms with E-state index in [1.165, 1.54) is 20.4 Å². The van der Waals surface area contributed by atoms with Gasteiger partial charge in [0.1, 0.15) is 5.69 Å². The fourth-order valence-corrected chi connectivity index (χ4v) is 2.89. The number of hydrazine groups is 1.